The third-order valence-corrected chi connectivity index (χ3v) is 2.35. The van der Waals surface area contributed by atoms with Crippen LogP contribution in [0.4, 0.5) is 0 Å². The van der Waals surface area contributed by atoms with E-state index in [2.05, 4.69) is 41.7 Å². The van der Waals surface area contributed by atoms with Crippen LogP contribution < -0.4 is 0 Å². The Morgan fingerprint density at radius 2 is 1.65 bits per heavy atom. The predicted octanol–water partition coefficient (Wildman–Crippen LogP) is 4.58. The number of imidazole rings is 1. The highest BCUT2D eigenvalue weighted by Crippen LogP contribution is 2.14. The average Bonchev–Trinajstić information content (AvgIpc) is 2.73. The Morgan fingerprint density at radius 3 is 2.18 bits per heavy atom. The summed E-state index contributed by atoms with van der Waals surface area (Å²) in [4.78, 5) is 4.56. The van der Waals surface area contributed by atoms with Crippen LogP contribution in [0.2, 0.25) is 0 Å². The molecule has 0 aliphatic carbocycles. The maximum atomic E-state index is 4.56. The summed E-state index contributed by atoms with van der Waals surface area (Å²) >= 11 is 0. The molecule has 0 aliphatic heterocycles. The first kappa shape index (κ1) is 15.7. The van der Waals surface area contributed by atoms with Gasteiger partial charge >= 0.3 is 0 Å². The van der Waals surface area contributed by atoms with Gasteiger partial charge in [0.2, 0.25) is 0 Å². The van der Waals surface area contributed by atoms with Crippen molar-refractivity contribution in [3.05, 3.63) is 30.1 Å². The van der Waals surface area contributed by atoms with Crippen molar-refractivity contribution in [1.29, 1.82) is 0 Å². The Balaban J connectivity index is 0.000000581. The summed E-state index contributed by atoms with van der Waals surface area (Å²) in [7, 11) is 2.08. The third kappa shape index (κ3) is 3.88. The molecule has 0 amide bonds. The molecule has 0 radical (unpaired) electrons. The van der Waals surface area contributed by atoms with Crippen LogP contribution in [0.25, 0.3) is 11.0 Å². The highest BCUT2D eigenvalue weighted by atomic mass is 15.1. The summed E-state index contributed by atoms with van der Waals surface area (Å²) in [5.41, 5.74) is 2.33. The van der Waals surface area contributed by atoms with Gasteiger partial charge in [0.15, 0.2) is 0 Å². The smallest absolute Gasteiger partial charge is 0.109 e. The number of aromatic nitrogens is 2. The highest BCUT2D eigenvalue weighted by molar-refractivity contribution is 5.75. The Labute approximate surface area is 106 Å². The lowest BCUT2D eigenvalue weighted by Crippen LogP contribution is -1.96. The van der Waals surface area contributed by atoms with Crippen LogP contribution >= 0.6 is 0 Å². The number of fused-ring (bicyclic) bond motifs is 1. The van der Waals surface area contributed by atoms with Crippen molar-refractivity contribution in [2.75, 3.05) is 0 Å². The fourth-order valence-electron chi connectivity index (χ4n) is 1.64. The van der Waals surface area contributed by atoms with Crippen molar-refractivity contribution in [1.82, 2.24) is 9.55 Å². The van der Waals surface area contributed by atoms with Gasteiger partial charge in [-0.3, -0.25) is 0 Å². The van der Waals surface area contributed by atoms with Crippen LogP contribution in [0.3, 0.4) is 0 Å². The van der Waals surface area contributed by atoms with E-state index in [1.165, 1.54) is 11.3 Å². The van der Waals surface area contributed by atoms with Crippen LogP contribution in [-0.2, 0) is 13.5 Å². The topological polar surface area (TPSA) is 17.8 Å². The molecule has 1 aromatic carbocycles. The van der Waals surface area contributed by atoms with Gasteiger partial charge in [-0.2, -0.15) is 0 Å². The predicted molar refractivity (Wildman–Crippen MR) is 77.4 cm³/mol. The summed E-state index contributed by atoms with van der Waals surface area (Å²) in [5.74, 6) is 1.18. The molecule has 1 aromatic heterocycles. The van der Waals surface area contributed by atoms with E-state index in [1.54, 1.807) is 0 Å². The van der Waals surface area contributed by atoms with Crippen molar-refractivity contribution in [3.63, 3.8) is 0 Å². The molecule has 2 rings (SSSR count). The molecule has 0 fully saturated rings. The van der Waals surface area contributed by atoms with Crippen LogP contribution in [0.5, 0.6) is 0 Å². The van der Waals surface area contributed by atoms with Gasteiger partial charge in [0.1, 0.15) is 5.82 Å². The monoisotopic (exact) mass is 234 g/mol. The fraction of sp³-hybridized carbons (Fsp3) is 0.533. The van der Waals surface area contributed by atoms with Gasteiger partial charge in [0, 0.05) is 13.5 Å². The van der Waals surface area contributed by atoms with E-state index in [9.17, 15) is 0 Å². The molecule has 0 saturated heterocycles. The second-order valence-corrected chi connectivity index (χ2v) is 3.33. The number of benzene rings is 1. The molecular weight excluding hydrogens is 208 g/mol. The lowest BCUT2D eigenvalue weighted by Gasteiger charge is -1.98. The van der Waals surface area contributed by atoms with Crippen molar-refractivity contribution in [3.8, 4) is 0 Å². The zero-order valence-corrected chi connectivity index (χ0v) is 12.1. The van der Waals surface area contributed by atoms with Gasteiger partial charge in [-0.1, -0.05) is 46.8 Å². The molecule has 96 valence electrons. The summed E-state index contributed by atoms with van der Waals surface area (Å²) in [6, 6.07) is 8.26. The first-order valence-electron chi connectivity index (χ1n) is 6.73. The van der Waals surface area contributed by atoms with Crippen LogP contribution in [0, 0.1) is 0 Å². The number of hydrogen-bond acceptors (Lipinski definition) is 1. The maximum Gasteiger partial charge on any atom is 0.109 e. The number of hydrogen-bond donors (Lipinski definition) is 0. The van der Waals surface area contributed by atoms with E-state index < -0.39 is 0 Å². The summed E-state index contributed by atoms with van der Waals surface area (Å²) in [5, 5.41) is 0. The highest BCUT2D eigenvalue weighted by Gasteiger charge is 2.04. The maximum absolute atomic E-state index is 4.56. The molecule has 0 bridgehead atoms. The van der Waals surface area contributed by atoms with Crippen molar-refractivity contribution in [2.45, 2.75) is 47.5 Å². The molecule has 1 heterocycles. The first-order valence-corrected chi connectivity index (χ1v) is 6.73. The molecule has 2 nitrogen and oxygen atoms in total. The van der Waals surface area contributed by atoms with Crippen molar-refractivity contribution in [2.24, 2.45) is 7.05 Å². The molecule has 0 spiro atoms. The van der Waals surface area contributed by atoms with E-state index in [0.29, 0.717) is 0 Å². The van der Waals surface area contributed by atoms with E-state index >= 15 is 0 Å². The molecular formula is C15H26N2. The lowest BCUT2D eigenvalue weighted by atomic mass is 10.3. The van der Waals surface area contributed by atoms with Crippen LogP contribution in [-0.4, -0.2) is 9.55 Å². The van der Waals surface area contributed by atoms with Crippen molar-refractivity contribution >= 4 is 11.0 Å². The molecule has 2 heteroatoms. The number of aryl methyl sites for hydroxylation is 2. The summed E-state index contributed by atoms with van der Waals surface area (Å²) in [6.45, 7) is 10.2. The van der Waals surface area contributed by atoms with Crippen LogP contribution in [0.15, 0.2) is 24.3 Å². The fourth-order valence-corrected chi connectivity index (χ4v) is 1.64. The zero-order valence-electron chi connectivity index (χ0n) is 12.1. The molecule has 2 aromatic rings. The SMILES string of the molecule is CC.CC.CCCc1nc2ccccc2n1C. The quantitative estimate of drug-likeness (QED) is 0.743. The Morgan fingerprint density at radius 1 is 1.06 bits per heavy atom. The zero-order chi connectivity index (χ0) is 13.3. The Kier molecular flexibility index (Phi) is 8.12. The number of nitrogens with zero attached hydrogens (tertiary/aromatic N) is 2. The van der Waals surface area contributed by atoms with E-state index in [1.807, 2.05) is 33.8 Å². The largest absolute Gasteiger partial charge is 0.331 e. The third-order valence-electron chi connectivity index (χ3n) is 2.35. The first-order chi connectivity index (χ1) is 8.33. The van der Waals surface area contributed by atoms with Gasteiger partial charge in [-0.05, 0) is 18.6 Å². The average molecular weight is 234 g/mol. The second kappa shape index (κ2) is 8.80. The standard InChI is InChI=1S/C11H14N2.2C2H6/c1-3-6-11-12-9-7-4-5-8-10(9)13(11)2;2*1-2/h4-5,7-8H,3,6H2,1-2H3;2*1-2H3. The molecule has 0 atom stereocenters. The lowest BCUT2D eigenvalue weighted by molar-refractivity contribution is 0.773. The molecule has 0 aliphatic rings. The minimum atomic E-state index is 1.06. The van der Waals surface area contributed by atoms with Gasteiger partial charge in [-0.15, -0.1) is 0 Å². The molecule has 0 N–H and O–H groups in total. The minimum Gasteiger partial charge on any atom is -0.331 e. The van der Waals surface area contributed by atoms with E-state index in [4.69, 9.17) is 0 Å². The number of para-hydroxylation sites is 2. The van der Waals surface area contributed by atoms with Gasteiger partial charge in [0.05, 0.1) is 11.0 Å². The van der Waals surface area contributed by atoms with Crippen molar-refractivity contribution < 1.29 is 0 Å². The van der Waals surface area contributed by atoms with E-state index in [0.717, 1.165) is 18.4 Å². The number of rotatable bonds is 2. The Hall–Kier alpha value is -1.31. The van der Waals surface area contributed by atoms with E-state index in [-0.39, 0.29) is 0 Å². The second-order valence-electron chi connectivity index (χ2n) is 3.33. The molecule has 0 unspecified atom stereocenters. The normalized spacial score (nSPS) is 9.06. The molecule has 17 heavy (non-hydrogen) atoms. The molecule has 0 saturated carbocycles. The van der Waals surface area contributed by atoms with Gasteiger partial charge in [-0.25, -0.2) is 4.98 Å². The summed E-state index contributed by atoms with van der Waals surface area (Å²) in [6.07, 6.45) is 2.21. The minimum absolute atomic E-state index is 1.06. The Bertz CT molecular complexity index is 416. The summed E-state index contributed by atoms with van der Waals surface area (Å²) < 4.78 is 2.18. The van der Waals surface area contributed by atoms with Gasteiger partial charge in [0.25, 0.3) is 0 Å². The van der Waals surface area contributed by atoms with Gasteiger partial charge < -0.3 is 4.57 Å². The van der Waals surface area contributed by atoms with Crippen LogP contribution in [0.1, 0.15) is 46.9 Å².